The van der Waals surface area contributed by atoms with E-state index >= 15 is 0 Å². The second-order valence-electron chi connectivity index (χ2n) is 7.13. The van der Waals surface area contributed by atoms with Crippen LogP contribution >= 0.6 is 0 Å². The van der Waals surface area contributed by atoms with Crippen molar-refractivity contribution in [1.29, 1.82) is 0 Å². The Morgan fingerprint density at radius 1 is 1.30 bits per heavy atom. The van der Waals surface area contributed by atoms with Crippen LogP contribution in [0.3, 0.4) is 0 Å². The number of hydrogen-bond donors (Lipinski definition) is 1. The number of hydrazone groups is 1. The van der Waals surface area contributed by atoms with Crippen molar-refractivity contribution in [2.75, 3.05) is 11.9 Å². The van der Waals surface area contributed by atoms with Gasteiger partial charge in [-0.15, -0.1) is 0 Å². The Morgan fingerprint density at radius 3 is 2.81 bits per heavy atom. The fourth-order valence-corrected chi connectivity index (χ4v) is 4.44. The first-order chi connectivity index (χ1) is 13.0. The van der Waals surface area contributed by atoms with Gasteiger partial charge in [0.1, 0.15) is 17.2 Å². The van der Waals surface area contributed by atoms with Gasteiger partial charge in [0.2, 0.25) is 5.91 Å². The van der Waals surface area contributed by atoms with Gasteiger partial charge in [0.25, 0.3) is 0 Å². The molecule has 0 fully saturated rings. The first-order valence-electron chi connectivity index (χ1n) is 9.14. The highest BCUT2D eigenvalue weighted by Crippen LogP contribution is 2.51. The quantitative estimate of drug-likeness (QED) is 0.859. The fraction of sp³-hybridized carbons (Fsp3) is 0.333. The standard InChI is InChI=1S/C21H21F2N3O/c1-3-14-12-24-19-7-5-4-6-17(19)21(14)11-20(25-26(21)13(2)27)16-10-15(22)8-9-18(16)23/h4-10,14,24H,3,11-12H2,1-2H3. The van der Waals surface area contributed by atoms with Gasteiger partial charge in [-0.25, -0.2) is 13.8 Å². The second-order valence-corrected chi connectivity index (χ2v) is 7.13. The zero-order chi connectivity index (χ0) is 19.2. The third-order valence-corrected chi connectivity index (χ3v) is 5.67. The number of halogens is 2. The molecule has 6 heteroatoms. The number of carbonyl (C=O) groups is 1. The molecule has 2 unspecified atom stereocenters. The fourth-order valence-electron chi connectivity index (χ4n) is 4.44. The van der Waals surface area contributed by atoms with Crippen molar-refractivity contribution in [1.82, 2.24) is 5.01 Å². The summed E-state index contributed by atoms with van der Waals surface area (Å²) in [6, 6.07) is 11.2. The van der Waals surface area contributed by atoms with Gasteiger partial charge in [0.05, 0.1) is 5.71 Å². The molecule has 0 bridgehead atoms. The van der Waals surface area contributed by atoms with Crippen LogP contribution in [0.5, 0.6) is 0 Å². The summed E-state index contributed by atoms with van der Waals surface area (Å²) >= 11 is 0. The summed E-state index contributed by atoms with van der Waals surface area (Å²) in [5.74, 6) is -1.18. The molecule has 1 amide bonds. The van der Waals surface area contributed by atoms with E-state index in [0.29, 0.717) is 18.7 Å². The molecule has 2 heterocycles. The van der Waals surface area contributed by atoms with E-state index in [2.05, 4.69) is 17.3 Å². The van der Waals surface area contributed by atoms with Crippen LogP contribution in [0.25, 0.3) is 0 Å². The molecule has 0 aromatic heterocycles. The molecule has 4 rings (SSSR count). The minimum absolute atomic E-state index is 0.0918. The number of nitrogens with one attached hydrogen (secondary N) is 1. The van der Waals surface area contributed by atoms with E-state index in [0.717, 1.165) is 35.9 Å². The summed E-state index contributed by atoms with van der Waals surface area (Å²) in [6.45, 7) is 4.22. The maximum Gasteiger partial charge on any atom is 0.240 e. The lowest BCUT2D eigenvalue weighted by molar-refractivity contribution is -0.137. The third kappa shape index (κ3) is 2.62. The maximum atomic E-state index is 14.4. The number of para-hydroxylation sites is 1. The van der Waals surface area contributed by atoms with Crippen molar-refractivity contribution in [3.8, 4) is 0 Å². The topological polar surface area (TPSA) is 44.7 Å². The number of rotatable bonds is 2. The van der Waals surface area contributed by atoms with Gasteiger partial charge in [-0.3, -0.25) is 4.79 Å². The maximum absolute atomic E-state index is 14.4. The van der Waals surface area contributed by atoms with Crippen LogP contribution in [-0.4, -0.2) is 23.2 Å². The molecule has 27 heavy (non-hydrogen) atoms. The summed E-state index contributed by atoms with van der Waals surface area (Å²) in [4.78, 5) is 12.6. The molecule has 2 aromatic rings. The molecule has 1 spiro atoms. The summed E-state index contributed by atoms with van der Waals surface area (Å²) in [6.07, 6.45) is 1.17. The molecule has 1 N–H and O–H groups in total. The number of amides is 1. The van der Waals surface area contributed by atoms with Crippen LogP contribution in [0.1, 0.15) is 37.8 Å². The summed E-state index contributed by atoms with van der Waals surface area (Å²) < 4.78 is 28.2. The molecule has 0 saturated carbocycles. The van der Waals surface area contributed by atoms with E-state index in [4.69, 9.17) is 0 Å². The molecule has 140 valence electrons. The van der Waals surface area contributed by atoms with Crippen molar-refractivity contribution < 1.29 is 13.6 Å². The average molecular weight is 369 g/mol. The normalized spacial score (nSPS) is 23.8. The number of anilines is 1. The molecule has 2 aromatic carbocycles. The zero-order valence-corrected chi connectivity index (χ0v) is 15.3. The van der Waals surface area contributed by atoms with Gasteiger partial charge < -0.3 is 5.32 Å². The third-order valence-electron chi connectivity index (χ3n) is 5.67. The molecule has 4 nitrogen and oxygen atoms in total. The number of hydrogen-bond acceptors (Lipinski definition) is 3. The van der Waals surface area contributed by atoms with Gasteiger partial charge in [0, 0.05) is 42.6 Å². The van der Waals surface area contributed by atoms with E-state index < -0.39 is 17.2 Å². The number of carbonyl (C=O) groups excluding carboxylic acids is 1. The average Bonchev–Trinajstić information content (AvgIpc) is 3.05. The summed E-state index contributed by atoms with van der Waals surface area (Å²) in [5, 5.41) is 9.41. The Hall–Kier alpha value is -2.76. The molecule has 0 radical (unpaired) electrons. The number of benzene rings is 2. The molecular formula is C21H21F2N3O. The molecule has 0 aliphatic carbocycles. The SMILES string of the molecule is CCC1CNc2ccccc2C12CC(c1cc(F)ccc1F)=NN2C(C)=O. The molecule has 2 atom stereocenters. The molecule has 2 aliphatic heterocycles. The Kier molecular flexibility index (Phi) is 4.21. The minimum Gasteiger partial charge on any atom is -0.384 e. The van der Waals surface area contributed by atoms with Crippen molar-refractivity contribution in [2.24, 2.45) is 11.0 Å². The van der Waals surface area contributed by atoms with Crippen molar-refractivity contribution in [3.63, 3.8) is 0 Å². The first kappa shape index (κ1) is 17.6. The lowest BCUT2D eigenvalue weighted by Gasteiger charge is -2.46. The predicted octanol–water partition coefficient (Wildman–Crippen LogP) is 4.27. The van der Waals surface area contributed by atoms with Crippen LogP contribution in [0, 0.1) is 17.6 Å². The highest BCUT2D eigenvalue weighted by atomic mass is 19.1. The van der Waals surface area contributed by atoms with Gasteiger partial charge in [-0.2, -0.15) is 5.10 Å². The first-order valence-corrected chi connectivity index (χ1v) is 9.14. The smallest absolute Gasteiger partial charge is 0.240 e. The molecule has 2 aliphatic rings. The van der Waals surface area contributed by atoms with Crippen LogP contribution in [0.15, 0.2) is 47.6 Å². The number of nitrogens with zero attached hydrogens (tertiary/aromatic N) is 2. The van der Waals surface area contributed by atoms with E-state index in [9.17, 15) is 13.6 Å². The lowest BCUT2D eigenvalue weighted by Crippen LogP contribution is -2.53. The van der Waals surface area contributed by atoms with E-state index in [1.54, 1.807) is 0 Å². The summed E-state index contributed by atoms with van der Waals surface area (Å²) in [7, 11) is 0. The largest absolute Gasteiger partial charge is 0.384 e. The lowest BCUT2D eigenvalue weighted by atomic mass is 9.70. The van der Waals surface area contributed by atoms with Crippen LogP contribution in [0.4, 0.5) is 14.5 Å². The van der Waals surface area contributed by atoms with Gasteiger partial charge in [-0.05, 0) is 30.7 Å². The predicted molar refractivity (Wildman–Crippen MR) is 100 cm³/mol. The highest BCUT2D eigenvalue weighted by Gasteiger charge is 2.54. The van der Waals surface area contributed by atoms with Gasteiger partial charge >= 0.3 is 0 Å². The Morgan fingerprint density at radius 2 is 2.07 bits per heavy atom. The molecule has 0 saturated heterocycles. The van der Waals surface area contributed by atoms with E-state index in [-0.39, 0.29) is 17.4 Å². The van der Waals surface area contributed by atoms with Crippen molar-refractivity contribution in [2.45, 2.75) is 32.2 Å². The Bertz CT molecular complexity index is 943. The summed E-state index contributed by atoms with van der Waals surface area (Å²) in [5.41, 5.74) is 1.73. The zero-order valence-electron chi connectivity index (χ0n) is 15.3. The van der Waals surface area contributed by atoms with Crippen LogP contribution in [0.2, 0.25) is 0 Å². The minimum atomic E-state index is -0.698. The van der Waals surface area contributed by atoms with E-state index in [1.165, 1.54) is 11.9 Å². The second kappa shape index (κ2) is 6.44. The highest BCUT2D eigenvalue weighted by molar-refractivity contribution is 6.04. The van der Waals surface area contributed by atoms with Gasteiger partial charge in [-0.1, -0.05) is 25.1 Å². The number of fused-ring (bicyclic) bond motifs is 2. The van der Waals surface area contributed by atoms with Crippen molar-refractivity contribution >= 4 is 17.3 Å². The Labute approximate surface area is 156 Å². The van der Waals surface area contributed by atoms with Crippen LogP contribution in [-0.2, 0) is 10.3 Å². The van der Waals surface area contributed by atoms with Crippen molar-refractivity contribution in [3.05, 3.63) is 65.2 Å². The van der Waals surface area contributed by atoms with E-state index in [1.807, 2.05) is 24.3 Å². The monoisotopic (exact) mass is 369 g/mol. The Balaban J connectivity index is 1.90. The molecular weight excluding hydrogens is 348 g/mol. The van der Waals surface area contributed by atoms with Gasteiger partial charge in [0.15, 0.2) is 0 Å². The van der Waals surface area contributed by atoms with Crippen LogP contribution < -0.4 is 5.32 Å².